The number of amides is 1. The van der Waals surface area contributed by atoms with E-state index in [0.717, 1.165) is 15.8 Å². The van der Waals surface area contributed by atoms with Crippen molar-refractivity contribution in [3.63, 3.8) is 0 Å². The van der Waals surface area contributed by atoms with Gasteiger partial charge in [0.2, 0.25) is 0 Å². The molecule has 128 valence electrons. The first kappa shape index (κ1) is 15.8. The molecule has 3 aliphatic heterocycles. The fourth-order valence-corrected chi connectivity index (χ4v) is 5.14. The molecule has 2 atom stereocenters. The maximum Gasteiger partial charge on any atom is 0.270 e. The largest absolute Gasteiger partial charge is 0.376 e. The number of hydrogen-bond donors (Lipinski definition) is 1. The predicted octanol–water partition coefficient (Wildman–Crippen LogP) is 2.57. The van der Waals surface area contributed by atoms with Crippen LogP contribution < -0.4 is 10.2 Å². The van der Waals surface area contributed by atoms with Crippen LogP contribution in [0.2, 0.25) is 0 Å². The average molecular weight is 344 g/mol. The van der Waals surface area contributed by atoms with E-state index in [1.165, 1.54) is 25.9 Å². The van der Waals surface area contributed by atoms with Crippen LogP contribution >= 0.6 is 11.3 Å². The molecule has 5 nitrogen and oxygen atoms in total. The molecule has 0 radical (unpaired) electrons. The van der Waals surface area contributed by atoms with Crippen molar-refractivity contribution in [2.75, 3.05) is 32.1 Å². The lowest BCUT2D eigenvalue weighted by Gasteiger charge is -2.49. The second-order valence-corrected chi connectivity index (χ2v) is 8.11. The topological polar surface area (TPSA) is 48.5 Å². The van der Waals surface area contributed by atoms with Gasteiger partial charge in [0.05, 0.1) is 10.4 Å². The van der Waals surface area contributed by atoms with Gasteiger partial charge in [-0.3, -0.25) is 9.69 Å². The van der Waals surface area contributed by atoms with Gasteiger partial charge in [-0.15, -0.1) is 11.3 Å². The van der Waals surface area contributed by atoms with Gasteiger partial charge in [-0.25, -0.2) is 4.98 Å². The van der Waals surface area contributed by atoms with Gasteiger partial charge in [0, 0.05) is 43.1 Å². The number of fused-ring (bicyclic) bond motifs is 4. The Hall–Kier alpha value is -1.66. The van der Waals surface area contributed by atoms with E-state index < -0.39 is 0 Å². The standard InChI is InChI=1S/C18H24N4OS/c1-11-17(12-4-6-22(11)7-5-12)20-18(23)14-8-13-15(21(2)3)10-24-16(13)9-19-14/h8-12,17H,4-7H2,1-3H3,(H,20,23). The second kappa shape index (κ2) is 6.01. The molecule has 5 rings (SSSR count). The summed E-state index contributed by atoms with van der Waals surface area (Å²) in [5.74, 6) is 0.564. The lowest BCUT2D eigenvalue weighted by molar-refractivity contribution is 0.0216. The molecule has 3 aliphatic rings. The van der Waals surface area contributed by atoms with Crippen LogP contribution in [-0.4, -0.2) is 55.1 Å². The molecule has 6 heteroatoms. The molecule has 24 heavy (non-hydrogen) atoms. The minimum absolute atomic E-state index is 0.0431. The van der Waals surface area contributed by atoms with Crippen molar-refractivity contribution < 1.29 is 4.79 Å². The number of thiophene rings is 1. The molecule has 0 aromatic carbocycles. The predicted molar refractivity (Wildman–Crippen MR) is 99.0 cm³/mol. The summed E-state index contributed by atoms with van der Waals surface area (Å²) in [7, 11) is 4.05. The third kappa shape index (κ3) is 2.58. The normalized spacial score (nSPS) is 29.0. The molecule has 1 amide bonds. The molecule has 5 heterocycles. The van der Waals surface area contributed by atoms with Crippen LogP contribution in [0.1, 0.15) is 30.3 Å². The highest BCUT2D eigenvalue weighted by Gasteiger charge is 2.40. The van der Waals surface area contributed by atoms with E-state index in [1.54, 1.807) is 11.3 Å². The second-order valence-electron chi connectivity index (χ2n) is 7.19. The van der Waals surface area contributed by atoms with Gasteiger partial charge < -0.3 is 10.2 Å². The molecule has 2 aromatic heterocycles. The molecule has 3 saturated heterocycles. The molecule has 0 aliphatic carbocycles. The van der Waals surface area contributed by atoms with Crippen LogP contribution in [0.5, 0.6) is 0 Å². The zero-order valence-electron chi connectivity index (χ0n) is 14.5. The molecule has 2 aromatic rings. The van der Waals surface area contributed by atoms with Crippen LogP contribution in [0.25, 0.3) is 10.1 Å². The van der Waals surface area contributed by atoms with Crippen LogP contribution in [0.3, 0.4) is 0 Å². The van der Waals surface area contributed by atoms with Gasteiger partial charge >= 0.3 is 0 Å². The molecule has 2 unspecified atom stereocenters. The molecule has 0 saturated carbocycles. The summed E-state index contributed by atoms with van der Waals surface area (Å²) in [5, 5.41) is 6.49. The summed E-state index contributed by atoms with van der Waals surface area (Å²) in [6.45, 7) is 4.57. The van der Waals surface area contributed by atoms with E-state index in [2.05, 4.69) is 32.4 Å². The van der Waals surface area contributed by atoms with Gasteiger partial charge in [0.25, 0.3) is 5.91 Å². The van der Waals surface area contributed by atoms with Crippen molar-refractivity contribution in [1.29, 1.82) is 0 Å². The highest BCUT2D eigenvalue weighted by molar-refractivity contribution is 7.17. The Labute approximate surface area is 146 Å². The third-order valence-corrected chi connectivity index (χ3v) is 6.55. The Balaban J connectivity index is 1.58. The average Bonchev–Trinajstić information content (AvgIpc) is 3.01. The number of aromatic nitrogens is 1. The van der Waals surface area contributed by atoms with Crippen molar-refractivity contribution in [2.45, 2.75) is 31.8 Å². The van der Waals surface area contributed by atoms with Crippen molar-refractivity contribution in [3.8, 4) is 0 Å². The summed E-state index contributed by atoms with van der Waals surface area (Å²) in [6, 6.07) is 2.60. The van der Waals surface area contributed by atoms with E-state index in [9.17, 15) is 4.79 Å². The fraction of sp³-hybridized carbons (Fsp3) is 0.556. The Kier molecular flexibility index (Phi) is 3.96. The quantitative estimate of drug-likeness (QED) is 0.930. The maximum absolute atomic E-state index is 12.8. The van der Waals surface area contributed by atoms with E-state index in [4.69, 9.17) is 0 Å². The van der Waals surface area contributed by atoms with E-state index in [0.29, 0.717) is 17.7 Å². The van der Waals surface area contributed by atoms with Crippen LogP contribution in [-0.2, 0) is 0 Å². The number of hydrogen-bond acceptors (Lipinski definition) is 5. The minimum Gasteiger partial charge on any atom is -0.376 e. The van der Waals surface area contributed by atoms with Crippen molar-refractivity contribution in [3.05, 3.63) is 23.3 Å². The monoisotopic (exact) mass is 344 g/mol. The Bertz CT molecular complexity index is 761. The summed E-state index contributed by atoms with van der Waals surface area (Å²) in [4.78, 5) is 21.7. The Morgan fingerprint density at radius 1 is 1.38 bits per heavy atom. The zero-order chi connectivity index (χ0) is 16.8. The smallest absolute Gasteiger partial charge is 0.270 e. The Morgan fingerprint density at radius 3 is 2.79 bits per heavy atom. The molecule has 0 spiro atoms. The highest BCUT2D eigenvalue weighted by Crippen LogP contribution is 2.33. The first-order chi connectivity index (χ1) is 11.5. The molecule has 2 bridgehead atoms. The number of carbonyl (C=O) groups excluding carboxylic acids is 1. The number of pyridine rings is 1. The third-order valence-electron chi connectivity index (χ3n) is 5.63. The van der Waals surface area contributed by atoms with Gasteiger partial charge in [-0.2, -0.15) is 0 Å². The number of anilines is 1. The summed E-state index contributed by atoms with van der Waals surface area (Å²) in [5.41, 5.74) is 1.66. The SMILES string of the molecule is CC1C(NC(=O)c2cc3c(N(C)C)csc3cn2)C2CCN1CC2. The number of rotatable bonds is 3. The lowest BCUT2D eigenvalue weighted by atomic mass is 9.79. The first-order valence-electron chi connectivity index (χ1n) is 8.64. The first-order valence-corrected chi connectivity index (χ1v) is 9.52. The van der Waals surface area contributed by atoms with E-state index in [-0.39, 0.29) is 11.9 Å². The number of nitrogens with one attached hydrogen (secondary N) is 1. The fourth-order valence-electron chi connectivity index (χ4n) is 4.16. The van der Waals surface area contributed by atoms with Gasteiger partial charge in [-0.1, -0.05) is 0 Å². The zero-order valence-corrected chi connectivity index (χ0v) is 15.3. The Morgan fingerprint density at radius 2 is 2.12 bits per heavy atom. The van der Waals surface area contributed by atoms with Gasteiger partial charge in [0.15, 0.2) is 0 Å². The lowest BCUT2D eigenvalue weighted by Crippen LogP contribution is -2.62. The maximum atomic E-state index is 12.8. The molecular weight excluding hydrogens is 320 g/mol. The summed E-state index contributed by atoms with van der Waals surface area (Å²) in [6.07, 6.45) is 4.20. The number of carbonyl (C=O) groups is 1. The minimum atomic E-state index is -0.0431. The van der Waals surface area contributed by atoms with Gasteiger partial charge in [0.1, 0.15) is 5.69 Å². The number of nitrogens with zero attached hydrogens (tertiary/aromatic N) is 3. The van der Waals surface area contributed by atoms with Crippen LogP contribution in [0.15, 0.2) is 17.6 Å². The van der Waals surface area contributed by atoms with Gasteiger partial charge in [-0.05, 0) is 44.8 Å². The molecular formula is C18H24N4OS. The highest BCUT2D eigenvalue weighted by atomic mass is 32.1. The molecule has 3 fully saturated rings. The summed E-state index contributed by atoms with van der Waals surface area (Å²) < 4.78 is 1.12. The van der Waals surface area contributed by atoms with Crippen LogP contribution in [0, 0.1) is 5.92 Å². The number of piperidine rings is 3. The summed E-state index contributed by atoms with van der Waals surface area (Å²) >= 11 is 1.67. The van der Waals surface area contributed by atoms with Crippen molar-refractivity contribution >= 4 is 33.0 Å². The van der Waals surface area contributed by atoms with E-state index in [1.807, 2.05) is 26.4 Å². The van der Waals surface area contributed by atoms with Crippen molar-refractivity contribution in [1.82, 2.24) is 15.2 Å². The van der Waals surface area contributed by atoms with Crippen molar-refractivity contribution in [2.24, 2.45) is 5.92 Å². The van der Waals surface area contributed by atoms with E-state index >= 15 is 0 Å². The molecule has 1 N–H and O–H groups in total. The van der Waals surface area contributed by atoms with Crippen LogP contribution in [0.4, 0.5) is 5.69 Å².